The number of aromatic nitrogens is 1. The van der Waals surface area contributed by atoms with E-state index in [0.29, 0.717) is 5.89 Å². The van der Waals surface area contributed by atoms with E-state index < -0.39 is 0 Å². The van der Waals surface area contributed by atoms with Crippen LogP contribution in [0.25, 0.3) is 45.8 Å². The standard InChI is InChI=1S/C28H21NO2/c1-30-25-17-18-27-26(19-25)29-28(31-27)24-15-11-21(12-16-24)8-7-20-9-13-23(14-10-20)22-5-3-2-4-6-22/h2-19H,1H3. The van der Waals surface area contributed by atoms with Crippen molar-refractivity contribution < 1.29 is 9.15 Å². The Bertz CT molecular complexity index is 1330. The third-order valence-corrected chi connectivity index (χ3v) is 5.24. The third kappa shape index (κ3) is 4.12. The second-order valence-corrected chi connectivity index (χ2v) is 7.30. The van der Waals surface area contributed by atoms with Crippen LogP contribution in [-0.4, -0.2) is 12.1 Å². The summed E-state index contributed by atoms with van der Waals surface area (Å²) in [5.41, 5.74) is 7.21. The lowest BCUT2D eigenvalue weighted by Crippen LogP contribution is -1.81. The molecule has 1 aromatic heterocycles. The molecule has 0 unspecified atom stereocenters. The summed E-state index contributed by atoms with van der Waals surface area (Å²) in [6.07, 6.45) is 4.23. The first-order valence-electron chi connectivity index (χ1n) is 10.2. The van der Waals surface area contributed by atoms with Gasteiger partial charge >= 0.3 is 0 Å². The molecule has 5 aromatic rings. The maximum Gasteiger partial charge on any atom is 0.227 e. The first kappa shape index (κ1) is 18.9. The van der Waals surface area contributed by atoms with Crippen molar-refractivity contribution in [3.8, 4) is 28.3 Å². The van der Waals surface area contributed by atoms with E-state index in [4.69, 9.17) is 9.15 Å². The van der Waals surface area contributed by atoms with Crippen molar-refractivity contribution in [1.29, 1.82) is 0 Å². The molecule has 31 heavy (non-hydrogen) atoms. The summed E-state index contributed by atoms with van der Waals surface area (Å²) in [4.78, 5) is 4.58. The smallest absolute Gasteiger partial charge is 0.227 e. The van der Waals surface area contributed by atoms with Gasteiger partial charge in [-0.05, 0) is 46.5 Å². The Morgan fingerprint density at radius 3 is 1.94 bits per heavy atom. The van der Waals surface area contributed by atoms with Gasteiger partial charge in [0.1, 0.15) is 11.3 Å². The van der Waals surface area contributed by atoms with Crippen LogP contribution >= 0.6 is 0 Å². The van der Waals surface area contributed by atoms with Crippen molar-refractivity contribution in [3.05, 3.63) is 108 Å². The molecule has 0 saturated carbocycles. The van der Waals surface area contributed by atoms with Crippen molar-refractivity contribution in [1.82, 2.24) is 4.98 Å². The van der Waals surface area contributed by atoms with Crippen LogP contribution in [0.4, 0.5) is 0 Å². The summed E-state index contributed by atoms with van der Waals surface area (Å²) < 4.78 is 11.1. The highest BCUT2D eigenvalue weighted by Crippen LogP contribution is 2.27. The second kappa shape index (κ2) is 8.33. The molecule has 0 radical (unpaired) electrons. The van der Waals surface area contributed by atoms with E-state index in [0.717, 1.165) is 33.5 Å². The number of fused-ring (bicyclic) bond motifs is 1. The van der Waals surface area contributed by atoms with Crippen LogP contribution in [-0.2, 0) is 0 Å². The maximum atomic E-state index is 5.89. The van der Waals surface area contributed by atoms with Gasteiger partial charge in [0.05, 0.1) is 7.11 Å². The minimum atomic E-state index is 0.607. The minimum Gasteiger partial charge on any atom is -0.497 e. The molecule has 3 nitrogen and oxygen atoms in total. The monoisotopic (exact) mass is 403 g/mol. The first-order chi connectivity index (χ1) is 15.3. The van der Waals surface area contributed by atoms with Gasteiger partial charge in [0.15, 0.2) is 5.58 Å². The molecule has 4 aromatic carbocycles. The number of benzene rings is 4. The number of hydrogen-bond donors (Lipinski definition) is 0. The van der Waals surface area contributed by atoms with Gasteiger partial charge in [0.25, 0.3) is 0 Å². The molecular formula is C28H21NO2. The predicted molar refractivity (Wildman–Crippen MR) is 127 cm³/mol. The van der Waals surface area contributed by atoms with E-state index in [9.17, 15) is 0 Å². The van der Waals surface area contributed by atoms with Crippen LogP contribution in [0.15, 0.2) is 101 Å². The van der Waals surface area contributed by atoms with Crippen LogP contribution in [0.5, 0.6) is 5.75 Å². The van der Waals surface area contributed by atoms with Crippen molar-refractivity contribution in [2.45, 2.75) is 0 Å². The highest BCUT2D eigenvalue weighted by Gasteiger charge is 2.09. The summed E-state index contributed by atoms with van der Waals surface area (Å²) in [6.45, 7) is 0. The SMILES string of the molecule is COc1ccc2oc(-c3ccc(C=Cc4ccc(-c5ccccc5)cc4)cc3)nc2c1. The van der Waals surface area contributed by atoms with E-state index >= 15 is 0 Å². The van der Waals surface area contributed by atoms with E-state index in [1.807, 2.05) is 36.4 Å². The predicted octanol–water partition coefficient (Wildman–Crippen LogP) is 7.34. The number of ether oxygens (including phenoxy) is 1. The number of hydrogen-bond acceptors (Lipinski definition) is 3. The van der Waals surface area contributed by atoms with Gasteiger partial charge in [-0.15, -0.1) is 0 Å². The first-order valence-corrected chi connectivity index (χ1v) is 10.2. The molecule has 0 fully saturated rings. The molecule has 150 valence electrons. The Morgan fingerprint density at radius 2 is 1.29 bits per heavy atom. The van der Waals surface area contributed by atoms with Crippen LogP contribution in [0, 0.1) is 0 Å². The molecule has 3 heteroatoms. The van der Waals surface area contributed by atoms with Gasteiger partial charge in [0.2, 0.25) is 5.89 Å². The Labute approximate surface area is 181 Å². The van der Waals surface area contributed by atoms with Crippen LogP contribution < -0.4 is 4.74 Å². The summed E-state index contributed by atoms with van der Waals surface area (Å²) in [5, 5.41) is 0. The lowest BCUT2D eigenvalue weighted by atomic mass is 10.0. The Balaban J connectivity index is 1.31. The molecule has 1 heterocycles. The average molecular weight is 403 g/mol. The molecule has 0 saturated heterocycles. The third-order valence-electron chi connectivity index (χ3n) is 5.24. The molecule has 0 amide bonds. The number of rotatable bonds is 5. The van der Waals surface area contributed by atoms with Crippen molar-refractivity contribution in [2.24, 2.45) is 0 Å². The van der Waals surface area contributed by atoms with Crippen molar-refractivity contribution >= 4 is 23.3 Å². The van der Waals surface area contributed by atoms with Crippen LogP contribution in [0.1, 0.15) is 11.1 Å². The normalized spacial score (nSPS) is 11.3. The van der Waals surface area contributed by atoms with E-state index in [1.54, 1.807) is 7.11 Å². The molecule has 0 spiro atoms. The quantitative estimate of drug-likeness (QED) is 0.288. The van der Waals surface area contributed by atoms with Gasteiger partial charge in [-0.1, -0.05) is 78.9 Å². The minimum absolute atomic E-state index is 0.607. The Hall–Kier alpha value is -4.11. The van der Waals surface area contributed by atoms with E-state index in [1.165, 1.54) is 11.1 Å². The highest BCUT2D eigenvalue weighted by molar-refractivity contribution is 5.78. The Morgan fingerprint density at radius 1 is 0.677 bits per heavy atom. The number of oxazole rings is 1. The molecule has 0 N–H and O–H groups in total. The molecular weight excluding hydrogens is 382 g/mol. The van der Waals surface area contributed by atoms with E-state index in [2.05, 4.69) is 77.8 Å². The molecule has 5 rings (SSSR count). The van der Waals surface area contributed by atoms with Crippen LogP contribution in [0.2, 0.25) is 0 Å². The average Bonchev–Trinajstić information content (AvgIpc) is 3.27. The number of nitrogens with zero attached hydrogens (tertiary/aromatic N) is 1. The fourth-order valence-corrected chi connectivity index (χ4v) is 3.50. The molecule has 0 atom stereocenters. The summed E-state index contributed by atoms with van der Waals surface area (Å²) in [6, 6.07) is 32.8. The van der Waals surface area contributed by atoms with Crippen molar-refractivity contribution in [3.63, 3.8) is 0 Å². The summed E-state index contributed by atoms with van der Waals surface area (Å²) in [7, 11) is 1.64. The van der Waals surface area contributed by atoms with Gasteiger partial charge in [-0.25, -0.2) is 4.98 Å². The number of methoxy groups -OCH3 is 1. The Kier molecular flexibility index (Phi) is 5.07. The van der Waals surface area contributed by atoms with Crippen molar-refractivity contribution in [2.75, 3.05) is 7.11 Å². The highest BCUT2D eigenvalue weighted by atomic mass is 16.5. The molecule has 0 aliphatic heterocycles. The second-order valence-electron chi connectivity index (χ2n) is 7.30. The fraction of sp³-hybridized carbons (Fsp3) is 0.0357. The van der Waals surface area contributed by atoms with Gasteiger partial charge < -0.3 is 9.15 Å². The molecule has 0 aliphatic rings. The lowest BCUT2D eigenvalue weighted by Gasteiger charge is -2.02. The molecule has 0 aliphatic carbocycles. The van der Waals surface area contributed by atoms with Gasteiger partial charge in [-0.2, -0.15) is 0 Å². The fourth-order valence-electron chi connectivity index (χ4n) is 3.50. The topological polar surface area (TPSA) is 35.3 Å². The van der Waals surface area contributed by atoms with Gasteiger partial charge in [-0.3, -0.25) is 0 Å². The van der Waals surface area contributed by atoms with Gasteiger partial charge in [0, 0.05) is 11.6 Å². The largest absolute Gasteiger partial charge is 0.497 e. The molecule has 0 bridgehead atoms. The summed E-state index contributed by atoms with van der Waals surface area (Å²) >= 11 is 0. The zero-order valence-electron chi connectivity index (χ0n) is 17.2. The van der Waals surface area contributed by atoms with Crippen LogP contribution in [0.3, 0.4) is 0 Å². The van der Waals surface area contributed by atoms with E-state index in [-0.39, 0.29) is 0 Å². The summed E-state index contributed by atoms with van der Waals surface area (Å²) in [5.74, 6) is 1.37. The zero-order chi connectivity index (χ0) is 21.0. The zero-order valence-corrected chi connectivity index (χ0v) is 17.2. The lowest BCUT2D eigenvalue weighted by molar-refractivity contribution is 0.415. The maximum absolute atomic E-state index is 5.89.